The molecule has 16 heavy (non-hydrogen) atoms. The van der Waals surface area contributed by atoms with Gasteiger partial charge < -0.3 is 5.32 Å². The van der Waals surface area contributed by atoms with Crippen molar-refractivity contribution in [2.75, 3.05) is 5.32 Å². The van der Waals surface area contributed by atoms with E-state index in [4.69, 9.17) is 0 Å². The average molecular weight is 219 g/mol. The van der Waals surface area contributed by atoms with Gasteiger partial charge in [0.25, 0.3) is 0 Å². The number of aryl methyl sites for hydroxylation is 1. The molecule has 2 nitrogen and oxygen atoms in total. The van der Waals surface area contributed by atoms with Crippen molar-refractivity contribution in [3.8, 4) is 0 Å². The van der Waals surface area contributed by atoms with Crippen LogP contribution in [-0.4, -0.2) is 5.91 Å². The highest BCUT2D eigenvalue weighted by Gasteiger charge is 2.03. The molecule has 0 aromatic heterocycles. The highest BCUT2D eigenvalue weighted by molar-refractivity contribution is 5.91. The van der Waals surface area contributed by atoms with E-state index in [0.29, 0.717) is 6.42 Å². The molecule has 1 amide bonds. The molecule has 1 N–H and O–H groups in total. The third kappa shape index (κ3) is 4.47. The predicted octanol–water partition coefficient (Wildman–Crippen LogP) is 3.90. The van der Waals surface area contributed by atoms with Gasteiger partial charge in [-0.15, -0.1) is 0 Å². The van der Waals surface area contributed by atoms with E-state index >= 15 is 0 Å². The number of hydrogen-bond acceptors (Lipinski definition) is 1. The Hall–Kier alpha value is -1.31. The van der Waals surface area contributed by atoms with Crippen LogP contribution in [0.3, 0.4) is 0 Å². The summed E-state index contributed by atoms with van der Waals surface area (Å²) in [7, 11) is 0. The summed E-state index contributed by atoms with van der Waals surface area (Å²) in [5.74, 6) is 0.130. The quantitative estimate of drug-likeness (QED) is 0.722. The summed E-state index contributed by atoms with van der Waals surface area (Å²) in [5, 5.41) is 2.95. The number of unbranched alkanes of at least 4 members (excludes halogenated alkanes) is 3. The molecule has 0 spiro atoms. The van der Waals surface area contributed by atoms with Gasteiger partial charge in [-0.2, -0.15) is 0 Å². The molecule has 2 heteroatoms. The van der Waals surface area contributed by atoms with Crippen molar-refractivity contribution in [1.82, 2.24) is 0 Å². The fraction of sp³-hybridized carbons (Fsp3) is 0.500. The third-order valence-electron chi connectivity index (χ3n) is 2.68. The molecule has 88 valence electrons. The van der Waals surface area contributed by atoms with Crippen molar-refractivity contribution in [2.24, 2.45) is 0 Å². The Morgan fingerprint density at radius 2 is 1.94 bits per heavy atom. The fourth-order valence-corrected chi connectivity index (χ4v) is 1.64. The van der Waals surface area contributed by atoms with Gasteiger partial charge in [0.2, 0.25) is 5.91 Å². The standard InChI is InChI=1S/C14H21NO/c1-3-4-5-6-11-14(16)15-13-10-8-7-9-12(13)2/h7-10H,3-6,11H2,1-2H3,(H,15,16). The molecule has 0 aliphatic rings. The van der Waals surface area contributed by atoms with Gasteiger partial charge in [0.1, 0.15) is 0 Å². The van der Waals surface area contributed by atoms with E-state index in [-0.39, 0.29) is 5.91 Å². The minimum absolute atomic E-state index is 0.130. The summed E-state index contributed by atoms with van der Waals surface area (Å²) in [6.45, 7) is 4.18. The van der Waals surface area contributed by atoms with Gasteiger partial charge in [0.05, 0.1) is 0 Å². The molecule has 0 radical (unpaired) electrons. The summed E-state index contributed by atoms with van der Waals surface area (Å²) >= 11 is 0. The van der Waals surface area contributed by atoms with Crippen LogP contribution in [0.4, 0.5) is 5.69 Å². The second-order valence-electron chi connectivity index (χ2n) is 4.17. The van der Waals surface area contributed by atoms with Crippen LogP contribution < -0.4 is 5.32 Å². The van der Waals surface area contributed by atoms with Crippen molar-refractivity contribution in [3.05, 3.63) is 29.8 Å². The van der Waals surface area contributed by atoms with Crippen molar-refractivity contribution in [1.29, 1.82) is 0 Å². The lowest BCUT2D eigenvalue weighted by atomic mass is 10.1. The molecule has 1 aromatic carbocycles. The van der Waals surface area contributed by atoms with Crippen LogP contribution in [0.1, 0.15) is 44.6 Å². The van der Waals surface area contributed by atoms with Crippen LogP contribution in [0.25, 0.3) is 0 Å². The number of carbonyl (C=O) groups is 1. The summed E-state index contributed by atoms with van der Waals surface area (Å²) in [4.78, 5) is 11.6. The number of nitrogens with one attached hydrogen (secondary N) is 1. The van der Waals surface area contributed by atoms with E-state index in [1.54, 1.807) is 0 Å². The maximum atomic E-state index is 11.6. The van der Waals surface area contributed by atoms with Crippen LogP contribution >= 0.6 is 0 Å². The zero-order chi connectivity index (χ0) is 11.8. The first kappa shape index (κ1) is 12.8. The Kier molecular flexibility index (Phi) is 5.62. The fourth-order valence-electron chi connectivity index (χ4n) is 1.64. The number of benzene rings is 1. The van der Waals surface area contributed by atoms with E-state index in [9.17, 15) is 4.79 Å². The number of hydrogen-bond donors (Lipinski definition) is 1. The first-order valence-corrected chi connectivity index (χ1v) is 6.09. The first-order chi connectivity index (χ1) is 7.74. The van der Waals surface area contributed by atoms with Crippen LogP contribution in [-0.2, 0) is 4.79 Å². The summed E-state index contributed by atoms with van der Waals surface area (Å²) in [5.41, 5.74) is 2.05. The Bertz CT molecular complexity index is 333. The molecule has 0 saturated heterocycles. The van der Waals surface area contributed by atoms with Crippen LogP contribution in [0, 0.1) is 6.92 Å². The summed E-state index contributed by atoms with van der Waals surface area (Å²) in [6, 6.07) is 7.87. The normalized spacial score (nSPS) is 10.1. The highest BCUT2D eigenvalue weighted by Crippen LogP contribution is 2.14. The number of carbonyl (C=O) groups excluding carboxylic acids is 1. The van der Waals surface area contributed by atoms with Crippen LogP contribution in [0.15, 0.2) is 24.3 Å². The second-order valence-corrected chi connectivity index (χ2v) is 4.17. The molecule has 0 fully saturated rings. The van der Waals surface area contributed by atoms with E-state index in [0.717, 1.165) is 24.1 Å². The molecule has 0 bridgehead atoms. The van der Waals surface area contributed by atoms with E-state index in [1.165, 1.54) is 12.8 Å². The molecule has 1 rings (SSSR count). The van der Waals surface area contributed by atoms with E-state index < -0.39 is 0 Å². The first-order valence-electron chi connectivity index (χ1n) is 6.09. The number of anilines is 1. The predicted molar refractivity (Wildman–Crippen MR) is 68.6 cm³/mol. The van der Waals surface area contributed by atoms with Gasteiger partial charge in [-0.1, -0.05) is 44.4 Å². The molecule has 0 unspecified atom stereocenters. The Labute approximate surface area is 98.1 Å². The summed E-state index contributed by atoms with van der Waals surface area (Å²) in [6.07, 6.45) is 5.20. The van der Waals surface area contributed by atoms with Gasteiger partial charge in [-0.3, -0.25) is 4.79 Å². The van der Waals surface area contributed by atoms with Crippen molar-refractivity contribution in [2.45, 2.75) is 46.0 Å². The molecule has 1 aromatic rings. The van der Waals surface area contributed by atoms with Crippen molar-refractivity contribution >= 4 is 11.6 Å². The Balaban J connectivity index is 2.32. The highest BCUT2D eigenvalue weighted by atomic mass is 16.1. The van der Waals surface area contributed by atoms with E-state index in [1.807, 2.05) is 31.2 Å². The van der Waals surface area contributed by atoms with Crippen molar-refractivity contribution in [3.63, 3.8) is 0 Å². The molecular formula is C14H21NO. The zero-order valence-corrected chi connectivity index (χ0v) is 10.3. The smallest absolute Gasteiger partial charge is 0.224 e. The van der Waals surface area contributed by atoms with Crippen LogP contribution in [0.2, 0.25) is 0 Å². The minimum Gasteiger partial charge on any atom is -0.326 e. The van der Waals surface area contributed by atoms with Gasteiger partial charge in [0.15, 0.2) is 0 Å². The second kappa shape index (κ2) is 7.04. The van der Waals surface area contributed by atoms with Gasteiger partial charge >= 0.3 is 0 Å². The maximum absolute atomic E-state index is 11.6. The maximum Gasteiger partial charge on any atom is 0.224 e. The molecule has 0 aliphatic carbocycles. The lowest BCUT2D eigenvalue weighted by Gasteiger charge is -2.07. The van der Waals surface area contributed by atoms with Gasteiger partial charge in [0, 0.05) is 12.1 Å². The van der Waals surface area contributed by atoms with Gasteiger partial charge in [-0.05, 0) is 25.0 Å². The largest absolute Gasteiger partial charge is 0.326 e. The monoisotopic (exact) mass is 219 g/mol. The Morgan fingerprint density at radius 1 is 1.19 bits per heavy atom. The minimum atomic E-state index is 0.130. The third-order valence-corrected chi connectivity index (χ3v) is 2.68. The lowest BCUT2D eigenvalue weighted by Crippen LogP contribution is -2.11. The molecular weight excluding hydrogens is 198 g/mol. The number of amides is 1. The zero-order valence-electron chi connectivity index (χ0n) is 10.3. The number of rotatable bonds is 6. The molecule has 0 saturated carbocycles. The van der Waals surface area contributed by atoms with E-state index in [2.05, 4.69) is 12.2 Å². The van der Waals surface area contributed by atoms with Crippen LogP contribution in [0.5, 0.6) is 0 Å². The Morgan fingerprint density at radius 3 is 2.62 bits per heavy atom. The number of para-hydroxylation sites is 1. The van der Waals surface area contributed by atoms with Crippen molar-refractivity contribution < 1.29 is 4.79 Å². The molecule has 0 atom stereocenters. The molecule has 0 aliphatic heterocycles. The SMILES string of the molecule is CCCCCCC(=O)Nc1ccccc1C. The lowest BCUT2D eigenvalue weighted by molar-refractivity contribution is -0.116. The summed E-state index contributed by atoms with van der Waals surface area (Å²) < 4.78 is 0. The van der Waals surface area contributed by atoms with Gasteiger partial charge in [-0.25, -0.2) is 0 Å². The average Bonchev–Trinajstić information content (AvgIpc) is 2.28. The molecule has 0 heterocycles. The topological polar surface area (TPSA) is 29.1 Å².